The molecule has 0 aliphatic carbocycles. The average Bonchev–Trinajstić information content (AvgIpc) is 3.12. The van der Waals surface area contributed by atoms with Crippen LogP contribution in [-0.2, 0) is 24.9 Å². The van der Waals surface area contributed by atoms with Gasteiger partial charge in [-0.15, -0.1) is 5.92 Å². The lowest BCUT2D eigenvalue weighted by Gasteiger charge is -2.04. The predicted octanol–water partition coefficient (Wildman–Crippen LogP) is 0.724. The number of aryl methyl sites for hydroxylation is 1. The van der Waals surface area contributed by atoms with E-state index >= 15 is 0 Å². The normalized spacial score (nSPS) is 9.93. The first-order valence-corrected chi connectivity index (χ1v) is 9.04. The van der Waals surface area contributed by atoms with Crippen molar-refractivity contribution in [1.29, 1.82) is 0 Å². The number of amides is 1. The van der Waals surface area contributed by atoms with Gasteiger partial charge in [0.1, 0.15) is 6.61 Å². The van der Waals surface area contributed by atoms with Crippen molar-refractivity contribution in [3.05, 3.63) is 62.6 Å². The first-order valence-electron chi connectivity index (χ1n) is 9.04. The van der Waals surface area contributed by atoms with Gasteiger partial charge in [0.2, 0.25) is 0 Å². The van der Waals surface area contributed by atoms with Crippen molar-refractivity contribution in [2.24, 2.45) is 7.05 Å². The van der Waals surface area contributed by atoms with Crippen molar-refractivity contribution in [3.63, 3.8) is 0 Å². The van der Waals surface area contributed by atoms with Crippen molar-refractivity contribution in [2.45, 2.75) is 20.1 Å². The zero-order chi connectivity index (χ0) is 21.5. The van der Waals surface area contributed by atoms with Gasteiger partial charge in [-0.3, -0.25) is 18.9 Å². The second kappa shape index (κ2) is 9.30. The summed E-state index contributed by atoms with van der Waals surface area (Å²) in [5.74, 6) is 11.5. The molecule has 0 fully saturated rings. The van der Waals surface area contributed by atoms with E-state index in [2.05, 4.69) is 39.0 Å². The Morgan fingerprint density at radius 2 is 2.00 bits per heavy atom. The van der Waals surface area contributed by atoms with Crippen LogP contribution in [0.1, 0.15) is 18.3 Å². The number of benzene rings is 1. The number of nitrogens with zero attached hydrogens (tertiary/aromatic N) is 3. The van der Waals surface area contributed by atoms with E-state index in [1.165, 1.54) is 16.2 Å². The van der Waals surface area contributed by atoms with Crippen LogP contribution >= 0.6 is 0 Å². The molecule has 2 heterocycles. The molecule has 0 radical (unpaired) electrons. The minimum Gasteiger partial charge on any atom is -0.445 e. The fourth-order valence-corrected chi connectivity index (χ4v) is 2.66. The van der Waals surface area contributed by atoms with E-state index in [4.69, 9.17) is 4.74 Å². The molecule has 0 bridgehead atoms. The Kier molecular flexibility index (Phi) is 6.36. The quantitative estimate of drug-likeness (QED) is 0.622. The third kappa shape index (κ3) is 4.59. The maximum Gasteiger partial charge on any atom is 0.408 e. The van der Waals surface area contributed by atoms with Crippen LogP contribution in [-0.4, -0.2) is 31.7 Å². The van der Waals surface area contributed by atoms with Crippen LogP contribution in [0.25, 0.3) is 11.2 Å². The first kappa shape index (κ1) is 20.5. The monoisotopic (exact) mass is 405 g/mol. The topological polar surface area (TPSA) is 111 Å². The molecule has 1 aromatic carbocycles. The molecule has 3 rings (SSSR count). The summed E-state index contributed by atoms with van der Waals surface area (Å²) in [7, 11) is 1.50. The number of nitrogens with one attached hydrogen (secondary N) is 2. The Labute approximate surface area is 171 Å². The maximum atomic E-state index is 12.3. The van der Waals surface area contributed by atoms with Gasteiger partial charge >= 0.3 is 11.8 Å². The molecule has 0 spiro atoms. The summed E-state index contributed by atoms with van der Waals surface area (Å²) in [5.41, 5.74) is 0.163. The van der Waals surface area contributed by atoms with E-state index in [1.54, 1.807) is 6.92 Å². The molecule has 2 aromatic heterocycles. The van der Waals surface area contributed by atoms with Gasteiger partial charge in [-0.05, 0) is 18.4 Å². The average molecular weight is 405 g/mol. The Morgan fingerprint density at radius 1 is 1.23 bits per heavy atom. The van der Waals surface area contributed by atoms with Crippen molar-refractivity contribution < 1.29 is 9.53 Å². The molecule has 9 nitrogen and oxygen atoms in total. The fourth-order valence-electron chi connectivity index (χ4n) is 2.66. The van der Waals surface area contributed by atoms with Crippen LogP contribution in [0.5, 0.6) is 0 Å². The zero-order valence-electron chi connectivity index (χ0n) is 16.5. The lowest BCUT2D eigenvalue weighted by molar-refractivity contribution is 0.141. The maximum absolute atomic E-state index is 12.3. The summed E-state index contributed by atoms with van der Waals surface area (Å²) in [6, 6.07) is 9.30. The second-order valence-corrected chi connectivity index (χ2v) is 6.16. The van der Waals surface area contributed by atoms with Gasteiger partial charge in [-0.25, -0.2) is 14.6 Å². The van der Waals surface area contributed by atoms with E-state index in [0.29, 0.717) is 0 Å². The van der Waals surface area contributed by atoms with Crippen LogP contribution in [0.2, 0.25) is 0 Å². The summed E-state index contributed by atoms with van der Waals surface area (Å²) in [6.45, 7) is 2.04. The number of ether oxygens (including phenoxy) is 1. The Hall–Kier alpha value is -4.24. The van der Waals surface area contributed by atoms with Crippen molar-refractivity contribution in [2.75, 3.05) is 6.54 Å². The number of fused-ring (bicyclic) bond motifs is 1. The Balaban J connectivity index is 1.75. The summed E-state index contributed by atoms with van der Waals surface area (Å²) in [6.07, 6.45) is -0.600. The number of alkyl carbamates (subject to hydrolysis) is 1. The molecule has 3 aromatic rings. The van der Waals surface area contributed by atoms with Crippen molar-refractivity contribution >= 4 is 17.3 Å². The number of aromatic amines is 1. The van der Waals surface area contributed by atoms with E-state index < -0.39 is 17.3 Å². The molecule has 1 amide bonds. The number of carbonyl (C=O) groups excluding carboxylic acids is 1. The summed E-state index contributed by atoms with van der Waals surface area (Å²) < 4.78 is 7.88. The number of hydrogen-bond donors (Lipinski definition) is 2. The van der Waals surface area contributed by atoms with E-state index in [0.717, 1.165) is 5.56 Å². The van der Waals surface area contributed by atoms with E-state index in [-0.39, 0.29) is 36.7 Å². The smallest absolute Gasteiger partial charge is 0.408 e. The highest BCUT2D eigenvalue weighted by molar-refractivity contribution is 5.72. The largest absolute Gasteiger partial charge is 0.445 e. The minimum atomic E-state index is -0.600. The fraction of sp³-hybridized carbons (Fsp3) is 0.238. The summed E-state index contributed by atoms with van der Waals surface area (Å²) >= 11 is 0. The molecular weight excluding hydrogens is 386 g/mol. The molecule has 0 unspecified atom stereocenters. The highest BCUT2D eigenvalue weighted by Crippen LogP contribution is 2.09. The lowest BCUT2D eigenvalue weighted by atomic mass is 10.2. The third-order valence-electron chi connectivity index (χ3n) is 4.16. The van der Waals surface area contributed by atoms with Crippen molar-refractivity contribution in [3.8, 4) is 23.7 Å². The van der Waals surface area contributed by atoms with Crippen LogP contribution in [0.4, 0.5) is 4.79 Å². The molecule has 30 heavy (non-hydrogen) atoms. The SMILES string of the molecule is CC#CCn1c(C#CCNC(=O)OCc2ccccc2)nc2c1c(=O)[nH]c(=O)n2C. The van der Waals surface area contributed by atoms with E-state index in [9.17, 15) is 14.4 Å². The first-order chi connectivity index (χ1) is 14.5. The molecule has 0 atom stereocenters. The lowest BCUT2D eigenvalue weighted by Crippen LogP contribution is -2.29. The van der Waals surface area contributed by atoms with Gasteiger partial charge in [-0.2, -0.15) is 0 Å². The molecule has 152 valence electrons. The molecule has 9 heteroatoms. The number of H-pyrrole nitrogens is 1. The zero-order valence-corrected chi connectivity index (χ0v) is 16.5. The van der Waals surface area contributed by atoms with Crippen LogP contribution < -0.4 is 16.6 Å². The molecule has 0 saturated carbocycles. The van der Waals surface area contributed by atoms with Gasteiger partial charge in [0.05, 0.1) is 13.1 Å². The van der Waals surface area contributed by atoms with E-state index in [1.807, 2.05) is 30.3 Å². The number of hydrogen-bond acceptors (Lipinski definition) is 5. The Bertz CT molecular complexity index is 1310. The Morgan fingerprint density at radius 3 is 2.73 bits per heavy atom. The number of aromatic nitrogens is 4. The molecule has 0 saturated heterocycles. The molecule has 0 aliphatic heterocycles. The summed E-state index contributed by atoms with van der Waals surface area (Å²) in [5, 5.41) is 2.53. The molecule has 2 N–H and O–H groups in total. The predicted molar refractivity (Wildman–Crippen MR) is 111 cm³/mol. The second-order valence-electron chi connectivity index (χ2n) is 6.16. The van der Waals surface area contributed by atoms with Gasteiger partial charge in [0, 0.05) is 7.05 Å². The number of carbonyl (C=O) groups is 1. The van der Waals surface area contributed by atoms with Gasteiger partial charge in [-0.1, -0.05) is 42.2 Å². The third-order valence-corrected chi connectivity index (χ3v) is 4.16. The highest BCUT2D eigenvalue weighted by Gasteiger charge is 2.15. The van der Waals surface area contributed by atoms with Crippen LogP contribution in [0.3, 0.4) is 0 Å². The van der Waals surface area contributed by atoms with Crippen LogP contribution in [0.15, 0.2) is 39.9 Å². The highest BCUT2D eigenvalue weighted by atomic mass is 16.5. The van der Waals surface area contributed by atoms with Crippen molar-refractivity contribution in [1.82, 2.24) is 24.4 Å². The van der Waals surface area contributed by atoms with Gasteiger partial charge in [0.25, 0.3) is 5.56 Å². The minimum absolute atomic E-state index is 0.0194. The number of imidazole rings is 1. The van der Waals surface area contributed by atoms with Crippen LogP contribution in [0, 0.1) is 23.7 Å². The van der Waals surface area contributed by atoms with Gasteiger partial charge < -0.3 is 10.1 Å². The summed E-state index contributed by atoms with van der Waals surface area (Å²) in [4.78, 5) is 42.4. The van der Waals surface area contributed by atoms with Gasteiger partial charge in [0.15, 0.2) is 17.0 Å². The molecule has 0 aliphatic rings. The standard InChI is InChI=1S/C21H19N5O4/c1-3-4-13-26-16(23-18-17(26)19(27)24-20(28)25(18)2)11-8-12-22-21(29)30-14-15-9-6-5-7-10-15/h5-7,9-10H,12-14H2,1-2H3,(H,22,29)(H,24,27,28). The molecular formula is C21H19N5O4. The number of rotatable bonds is 4.